The Labute approximate surface area is 172 Å². The van der Waals surface area contributed by atoms with E-state index >= 15 is 0 Å². The molecule has 0 saturated carbocycles. The highest BCUT2D eigenvalue weighted by atomic mass is 35.5. The predicted octanol–water partition coefficient (Wildman–Crippen LogP) is 3.74. The standard InChI is InChI=1S/C21H27ClN2O3S/c1-21(2,3)16-23-20(25)15-24(14-13-17-7-5-4-6-8-17)28(26,27)19-11-9-18(22)10-12-19/h4-12H,13-16H2,1-3H3,(H,23,25). The molecule has 0 atom stereocenters. The molecule has 0 fully saturated rings. The van der Waals surface area contributed by atoms with Crippen molar-refractivity contribution < 1.29 is 13.2 Å². The summed E-state index contributed by atoms with van der Waals surface area (Å²) in [6.07, 6.45) is 0.514. The van der Waals surface area contributed by atoms with Gasteiger partial charge in [0, 0.05) is 18.1 Å². The van der Waals surface area contributed by atoms with Crippen LogP contribution in [0.4, 0.5) is 0 Å². The fourth-order valence-corrected chi connectivity index (χ4v) is 4.04. The first kappa shape index (κ1) is 22.4. The first-order chi connectivity index (χ1) is 13.1. The van der Waals surface area contributed by atoms with Crippen molar-refractivity contribution >= 4 is 27.5 Å². The Bertz CT molecular complexity index is 876. The van der Waals surface area contributed by atoms with E-state index in [2.05, 4.69) is 5.32 Å². The zero-order chi connectivity index (χ0) is 20.8. The number of amides is 1. The van der Waals surface area contributed by atoms with Crippen molar-refractivity contribution in [3.63, 3.8) is 0 Å². The highest BCUT2D eigenvalue weighted by molar-refractivity contribution is 7.89. The molecule has 0 spiro atoms. The smallest absolute Gasteiger partial charge is 0.243 e. The van der Waals surface area contributed by atoms with Crippen molar-refractivity contribution in [3.8, 4) is 0 Å². The average molecular weight is 423 g/mol. The Morgan fingerprint density at radius 1 is 1.04 bits per heavy atom. The predicted molar refractivity (Wildman–Crippen MR) is 113 cm³/mol. The summed E-state index contributed by atoms with van der Waals surface area (Å²) in [6.45, 7) is 6.46. The van der Waals surface area contributed by atoms with Gasteiger partial charge in [0.25, 0.3) is 0 Å². The number of rotatable bonds is 8. The van der Waals surface area contributed by atoms with Crippen LogP contribution in [0.2, 0.25) is 5.02 Å². The van der Waals surface area contributed by atoms with Crippen LogP contribution in [0, 0.1) is 5.41 Å². The number of carbonyl (C=O) groups excluding carboxylic acids is 1. The van der Waals surface area contributed by atoms with Gasteiger partial charge in [-0.25, -0.2) is 8.42 Å². The Balaban J connectivity index is 2.19. The molecule has 7 heteroatoms. The molecule has 2 aromatic rings. The molecule has 0 heterocycles. The Morgan fingerprint density at radius 2 is 1.64 bits per heavy atom. The maximum absolute atomic E-state index is 13.1. The normalized spacial score (nSPS) is 12.2. The van der Waals surface area contributed by atoms with Crippen molar-refractivity contribution in [3.05, 3.63) is 65.2 Å². The van der Waals surface area contributed by atoms with E-state index in [0.717, 1.165) is 5.56 Å². The first-order valence-corrected chi connectivity index (χ1v) is 11.0. The van der Waals surface area contributed by atoms with E-state index in [9.17, 15) is 13.2 Å². The van der Waals surface area contributed by atoms with Crippen LogP contribution >= 0.6 is 11.6 Å². The first-order valence-electron chi connectivity index (χ1n) is 9.14. The molecule has 28 heavy (non-hydrogen) atoms. The fourth-order valence-electron chi connectivity index (χ4n) is 2.52. The molecule has 1 N–H and O–H groups in total. The molecular formula is C21H27ClN2O3S. The molecule has 0 aliphatic rings. The maximum atomic E-state index is 13.1. The lowest BCUT2D eigenvalue weighted by molar-refractivity contribution is -0.121. The summed E-state index contributed by atoms with van der Waals surface area (Å²) in [6, 6.07) is 15.6. The highest BCUT2D eigenvalue weighted by Gasteiger charge is 2.27. The minimum absolute atomic E-state index is 0.0837. The van der Waals surface area contributed by atoms with Crippen LogP contribution in [0.3, 0.4) is 0 Å². The largest absolute Gasteiger partial charge is 0.354 e. The van der Waals surface area contributed by atoms with Crippen LogP contribution < -0.4 is 5.32 Å². The van der Waals surface area contributed by atoms with E-state index in [0.29, 0.717) is 18.0 Å². The summed E-state index contributed by atoms with van der Waals surface area (Å²) in [7, 11) is -3.82. The molecule has 5 nitrogen and oxygen atoms in total. The Kier molecular flexibility index (Phi) is 7.63. The SMILES string of the molecule is CC(C)(C)CNC(=O)CN(CCc1ccccc1)S(=O)(=O)c1ccc(Cl)cc1. The van der Waals surface area contributed by atoms with Crippen molar-refractivity contribution in [1.82, 2.24) is 9.62 Å². The quantitative estimate of drug-likeness (QED) is 0.704. The van der Waals surface area contributed by atoms with E-state index in [1.54, 1.807) is 0 Å². The number of benzene rings is 2. The van der Waals surface area contributed by atoms with Crippen molar-refractivity contribution in [2.45, 2.75) is 32.1 Å². The summed E-state index contributed by atoms with van der Waals surface area (Å²) >= 11 is 5.88. The molecule has 0 radical (unpaired) electrons. The molecular weight excluding hydrogens is 396 g/mol. The second kappa shape index (κ2) is 9.54. The second-order valence-electron chi connectivity index (χ2n) is 7.87. The zero-order valence-corrected chi connectivity index (χ0v) is 18.1. The lowest BCUT2D eigenvalue weighted by Gasteiger charge is -2.24. The maximum Gasteiger partial charge on any atom is 0.243 e. The number of carbonyl (C=O) groups is 1. The molecule has 0 aliphatic heterocycles. The summed E-state index contributed by atoms with van der Waals surface area (Å²) in [5.74, 6) is -0.319. The fraction of sp³-hybridized carbons (Fsp3) is 0.381. The molecule has 152 valence electrons. The summed E-state index contributed by atoms with van der Waals surface area (Å²) in [5, 5.41) is 3.27. The second-order valence-corrected chi connectivity index (χ2v) is 10.2. The van der Waals surface area contributed by atoms with Gasteiger partial charge < -0.3 is 5.32 Å². The molecule has 2 aromatic carbocycles. The van der Waals surface area contributed by atoms with Crippen LogP contribution in [-0.4, -0.2) is 38.3 Å². The lowest BCUT2D eigenvalue weighted by Crippen LogP contribution is -2.43. The van der Waals surface area contributed by atoms with Crippen LogP contribution in [0.25, 0.3) is 0 Å². The molecule has 0 aliphatic carbocycles. The van der Waals surface area contributed by atoms with E-state index in [1.165, 1.54) is 28.6 Å². The van der Waals surface area contributed by atoms with Gasteiger partial charge in [0.1, 0.15) is 0 Å². The van der Waals surface area contributed by atoms with Crippen LogP contribution in [-0.2, 0) is 21.2 Å². The van der Waals surface area contributed by atoms with Crippen LogP contribution in [0.1, 0.15) is 26.3 Å². The zero-order valence-electron chi connectivity index (χ0n) is 16.5. The number of halogens is 1. The number of hydrogen-bond donors (Lipinski definition) is 1. The van der Waals surface area contributed by atoms with Gasteiger partial charge in [0.15, 0.2) is 0 Å². The number of nitrogens with zero attached hydrogens (tertiary/aromatic N) is 1. The van der Waals surface area contributed by atoms with Gasteiger partial charge in [-0.05, 0) is 41.7 Å². The van der Waals surface area contributed by atoms with Gasteiger partial charge in [-0.1, -0.05) is 62.7 Å². The van der Waals surface area contributed by atoms with Gasteiger partial charge >= 0.3 is 0 Å². The Hall–Kier alpha value is -1.89. The van der Waals surface area contributed by atoms with Gasteiger partial charge in [0.2, 0.25) is 15.9 Å². The topological polar surface area (TPSA) is 66.5 Å². The van der Waals surface area contributed by atoms with E-state index in [-0.39, 0.29) is 29.3 Å². The molecule has 1 amide bonds. The Morgan fingerprint density at radius 3 is 2.21 bits per heavy atom. The third-order valence-electron chi connectivity index (χ3n) is 4.08. The average Bonchev–Trinajstić information content (AvgIpc) is 2.64. The van der Waals surface area contributed by atoms with E-state index in [4.69, 9.17) is 11.6 Å². The molecule has 0 saturated heterocycles. The number of nitrogens with one attached hydrogen (secondary N) is 1. The van der Waals surface area contributed by atoms with Crippen molar-refractivity contribution in [1.29, 1.82) is 0 Å². The van der Waals surface area contributed by atoms with Crippen molar-refractivity contribution in [2.75, 3.05) is 19.6 Å². The molecule has 2 rings (SSSR count). The monoisotopic (exact) mass is 422 g/mol. The van der Waals surface area contributed by atoms with Gasteiger partial charge in [-0.15, -0.1) is 0 Å². The van der Waals surface area contributed by atoms with Crippen LogP contribution in [0.15, 0.2) is 59.5 Å². The number of hydrogen-bond acceptors (Lipinski definition) is 3. The van der Waals surface area contributed by atoms with Gasteiger partial charge in [-0.2, -0.15) is 4.31 Å². The minimum atomic E-state index is -3.82. The third-order valence-corrected chi connectivity index (χ3v) is 6.19. The van der Waals surface area contributed by atoms with Crippen LogP contribution in [0.5, 0.6) is 0 Å². The highest BCUT2D eigenvalue weighted by Crippen LogP contribution is 2.19. The minimum Gasteiger partial charge on any atom is -0.354 e. The van der Waals surface area contributed by atoms with E-state index < -0.39 is 10.0 Å². The number of sulfonamides is 1. The molecule has 0 unspecified atom stereocenters. The molecule has 0 bridgehead atoms. The van der Waals surface area contributed by atoms with E-state index in [1.807, 2.05) is 51.1 Å². The van der Waals surface area contributed by atoms with Gasteiger partial charge in [-0.3, -0.25) is 4.79 Å². The summed E-state index contributed by atoms with van der Waals surface area (Å²) in [5.41, 5.74) is 0.924. The molecule has 0 aromatic heterocycles. The van der Waals surface area contributed by atoms with Crippen molar-refractivity contribution in [2.24, 2.45) is 5.41 Å². The summed E-state index contributed by atoms with van der Waals surface area (Å²) < 4.78 is 27.4. The summed E-state index contributed by atoms with van der Waals surface area (Å²) in [4.78, 5) is 12.5. The third kappa shape index (κ3) is 6.93. The lowest BCUT2D eigenvalue weighted by atomic mass is 9.97. The van der Waals surface area contributed by atoms with Gasteiger partial charge in [0.05, 0.1) is 11.4 Å².